The smallest absolute Gasteiger partial charge is 0.356 e. The van der Waals surface area contributed by atoms with Crippen LogP contribution in [0.4, 0.5) is 5.69 Å². The van der Waals surface area contributed by atoms with Crippen molar-refractivity contribution in [3.8, 4) is 0 Å². The Morgan fingerprint density at radius 3 is 2.60 bits per heavy atom. The van der Waals surface area contributed by atoms with Crippen LogP contribution >= 0.6 is 0 Å². The summed E-state index contributed by atoms with van der Waals surface area (Å²) in [5, 5.41) is 9.38. The average molecular weight is 277 g/mol. The zero-order chi connectivity index (χ0) is 14.7. The molecule has 0 aromatic carbocycles. The third kappa shape index (κ3) is 3.08. The summed E-state index contributed by atoms with van der Waals surface area (Å²) in [5.41, 5.74) is 0.801. The summed E-state index contributed by atoms with van der Waals surface area (Å²) in [6.45, 7) is 7.93. The Labute approximate surface area is 120 Å². The Balaban J connectivity index is 2.25. The van der Waals surface area contributed by atoms with E-state index in [-0.39, 0.29) is 11.6 Å². The fraction of sp³-hybridized carbons (Fsp3) is 0.667. The normalized spacial score (nSPS) is 16.7. The number of carboxylic acid groups (broad SMARTS) is 1. The quantitative estimate of drug-likeness (QED) is 0.916. The van der Waals surface area contributed by atoms with Crippen molar-refractivity contribution < 1.29 is 9.90 Å². The Kier molecular flexibility index (Phi) is 4.57. The van der Waals surface area contributed by atoms with E-state index in [0.29, 0.717) is 11.5 Å². The number of aromatic nitrogens is 2. The number of rotatable bonds is 4. The van der Waals surface area contributed by atoms with E-state index in [1.807, 2.05) is 13.8 Å². The van der Waals surface area contributed by atoms with E-state index in [0.717, 1.165) is 31.8 Å². The molecule has 1 aliphatic heterocycles. The zero-order valence-electron chi connectivity index (χ0n) is 12.5. The summed E-state index contributed by atoms with van der Waals surface area (Å²) in [6.07, 6.45) is 5.10. The molecule has 1 fully saturated rings. The average Bonchev–Trinajstić information content (AvgIpc) is 2.46. The largest absolute Gasteiger partial charge is 0.476 e. The Morgan fingerprint density at radius 1 is 1.45 bits per heavy atom. The molecule has 0 atom stereocenters. The zero-order valence-corrected chi connectivity index (χ0v) is 12.5. The van der Waals surface area contributed by atoms with E-state index in [1.165, 1.54) is 6.42 Å². The first-order chi connectivity index (χ1) is 9.52. The number of carbonyl (C=O) groups is 1. The number of anilines is 1. The first kappa shape index (κ1) is 14.8. The minimum atomic E-state index is -0.970. The van der Waals surface area contributed by atoms with Crippen molar-refractivity contribution in [2.24, 2.45) is 5.92 Å². The van der Waals surface area contributed by atoms with E-state index in [4.69, 9.17) is 0 Å². The number of hydrogen-bond acceptors (Lipinski definition) is 4. The molecule has 0 saturated carbocycles. The van der Waals surface area contributed by atoms with Gasteiger partial charge >= 0.3 is 5.97 Å². The molecule has 1 aliphatic rings. The molecule has 2 rings (SSSR count). The summed E-state index contributed by atoms with van der Waals surface area (Å²) in [7, 11) is 0. The van der Waals surface area contributed by atoms with E-state index in [9.17, 15) is 9.90 Å². The van der Waals surface area contributed by atoms with Gasteiger partial charge in [0.15, 0.2) is 5.69 Å². The van der Waals surface area contributed by atoms with E-state index < -0.39 is 5.97 Å². The summed E-state index contributed by atoms with van der Waals surface area (Å²) in [4.78, 5) is 22.1. The molecule has 0 radical (unpaired) electrons. The topological polar surface area (TPSA) is 66.3 Å². The number of aromatic carboxylic acids is 1. The predicted octanol–water partition coefficient (Wildman–Crippen LogP) is 2.92. The molecule has 110 valence electrons. The molecule has 0 aliphatic carbocycles. The second-order valence-electron chi connectivity index (χ2n) is 5.76. The second-order valence-corrected chi connectivity index (χ2v) is 5.76. The molecule has 5 heteroatoms. The van der Waals surface area contributed by atoms with Gasteiger partial charge in [-0.1, -0.05) is 27.2 Å². The molecule has 0 spiro atoms. The molecule has 5 nitrogen and oxygen atoms in total. The highest BCUT2D eigenvalue weighted by molar-refractivity contribution is 5.92. The highest BCUT2D eigenvalue weighted by Gasteiger charge is 2.24. The van der Waals surface area contributed by atoms with E-state index >= 15 is 0 Å². The molecule has 1 N–H and O–H groups in total. The number of hydrogen-bond donors (Lipinski definition) is 1. The first-order valence-corrected chi connectivity index (χ1v) is 7.38. The Morgan fingerprint density at radius 2 is 2.10 bits per heavy atom. The van der Waals surface area contributed by atoms with Crippen LogP contribution in [-0.2, 0) is 0 Å². The van der Waals surface area contributed by atoms with Gasteiger partial charge in [-0.25, -0.2) is 14.8 Å². The summed E-state index contributed by atoms with van der Waals surface area (Å²) < 4.78 is 0. The molecular weight excluding hydrogens is 254 g/mol. The van der Waals surface area contributed by atoms with Crippen LogP contribution in [0.15, 0.2) is 6.20 Å². The number of carboxylic acids is 1. The molecule has 20 heavy (non-hydrogen) atoms. The summed E-state index contributed by atoms with van der Waals surface area (Å²) >= 11 is 0. The summed E-state index contributed by atoms with van der Waals surface area (Å²) in [5.74, 6) is 0.514. The summed E-state index contributed by atoms with van der Waals surface area (Å²) in [6, 6.07) is 0. The highest BCUT2D eigenvalue weighted by Crippen LogP contribution is 2.27. The molecule has 0 unspecified atom stereocenters. The van der Waals surface area contributed by atoms with Crippen LogP contribution in [0.5, 0.6) is 0 Å². The standard InChI is InChI=1S/C15H23N3O2/c1-4-11-5-7-18(8-6-11)12-9-16-14(10(2)3)17-13(12)15(19)20/h9-11H,4-8H2,1-3H3,(H,19,20). The molecule has 0 amide bonds. The van der Waals surface area contributed by atoms with Gasteiger partial charge in [0, 0.05) is 19.0 Å². The third-order valence-corrected chi connectivity index (χ3v) is 4.04. The van der Waals surface area contributed by atoms with Gasteiger partial charge in [0.05, 0.1) is 11.9 Å². The highest BCUT2D eigenvalue weighted by atomic mass is 16.4. The van der Waals surface area contributed by atoms with Crippen molar-refractivity contribution in [3.63, 3.8) is 0 Å². The van der Waals surface area contributed by atoms with Crippen molar-refractivity contribution in [2.45, 2.75) is 46.0 Å². The lowest BCUT2D eigenvalue weighted by molar-refractivity contribution is 0.0690. The maximum atomic E-state index is 11.4. The number of nitrogens with zero attached hydrogens (tertiary/aromatic N) is 3. The molecule has 0 bridgehead atoms. The van der Waals surface area contributed by atoms with Gasteiger partial charge in [0.25, 0.3) is 0 Å². The second kappa shape index (κ2) is 6.20. The van der Waals surface area contributed by atoms with Gasteiger partial charge in [0.1, 0.15) is 5.82 Å². The van der Waals surface area contributed by atoms with Crippen LogP contribution in [0.2, 0.25) is 0 Å². The minimum Gasteiger partial charge on any atom is -0.476 e. The van der Waals surface area contributed by atoms with Crippen molar-refractivity contribution in [1.29, 1.82) is 0 Å². The van der Waals surface area contributed by atoms with Gasteiger partial charge in [0.2, 0.25) is 0 Å². The monoisotopic (exact) mass is 277 g/mol. The van der Waals surface area contributed by atoms with Gasteiger partial charge in [-0.15, -0.1) is 0 Å². The van der Waals surface area contributed by atoms with Crippen LogP contribution in [0.25, 0.3) is 0 Å². The third-order valence-electron chi connectivity index (χ3n) is 4.04. The fourth-order valence-corrected chi connectivity index (χ4v) is 2.64. The fourth-order valence-electron chi connectivity index (χ4n) is 2.64. The van der Waals surface area contributed by atoms with Crippen LogP contribution in [-0.4, -0.2) is 34.1 Å². The SMILES string of the molecule is CCC1CCN(c2cnc(C(C)C)nc2C(=O)O)CC1. The number of piperidine rings is 1. The maximum absolute atomic E-state index is 11.4. The molecule has 2 heterocycles. The van der Waals surface area contributed by atoms with Crippen LogP contribution in [0.1, 0.15) is 62.3 Å². The van der Waals surface area contributed by atoms with Crippen molar-refractivity contribution >= 4 is 11.7 Å². The van der Waals surface area contributed by atoms with Crippen LogP contribution in [0, 0.1) is 5.92 Å². The molecule has 1 saturated heterocycles. The predicted molar refractivity (Wildman–Crippen MR) is 78.3 cm³/mol. The van der Waals surface area contributed by atoms with E-state index in [1.54, 1.807) is 6.20 Å². The van der Waals surface area contributed by atoms with Crippen molar-refractivity contribution in [2.75, 3.05) is 18.0 Å². The van der Waals surface area contributed by atoms with Crippen LogP contribution < -0.4 is 4.90 Å². The lowest BCUT2D eigenvalue weighted by Gasteiger charge is -2.33. The Bertz CT molecular complexity index is 480. The van der Waals surface area contributed by atoms with Crippen molar-refractivity contribution in [1.82, 2.24) is 9.97 Å². The molecule has 1 aromatic rings. The lowest BCUT2D eigenvalue weighted by atomic mass is 9.94. The van der Waals surface area contributed by atoms with Gasteiger partial charge < -0.3 is 10.0 Å². The Hall–Kier alpha value is -1.65. The molecule has 1 aromatic heterocycles. The van der Waals surface area contributed by atoms with Gasteiger partial charge in [-0.3, -0.25) is 0 Å². The van der Waals surface area contributed by atoms with Crippen LogP contribution in [0.3, 0.4) is 0 Å². The maximum Gasteiger partial charge on any atom is 0.356 e. The van der Waals surface area contributed by atoms with Gasteiger partial charge in [-0.2, -0.15) is 0 Å². The first-order valence-electron chi connectivity index (χ1n) is 7.38. The van der Waals surface area contributed by atoms with E-state index in [2.05, 4.69) is 21.8 Å². The van der Waals surface area contributed by atoms with Gasteiger partial charge in [-0.05, 0) is 18.8 Å². The van der Waals surface area contributed by atoms with Crippen molar-refractivity contribution in [3.05, 3.63) is 17.7 Å². The minimum absolute atomic E-state index is 0.132. The molecular formula is C15H23N3O2. The lowest BCUT2D eigenvalue weighted by Crippen LogP contribution is -2.35.